The Morgan fingerprint density at radius 1 is 1.45 bits per heavy atom. The highest BCUT2D eigenvalue weighted by Gasteiger charge is 2.34. The summed E-state index contributed by atoms with van der Waals surface area (Å²) < 4.78 is 0. The molecule has 0 bridgehead atoms. The van der Waals surface area contributed by atoms with Crippen molar-refractivity contribution in [2.45, 2.75) is 19.4 Å². The molecule has 0 atom stereocenters. The van der Waals surface area contributed by atoms with Gasteiger partial charge >= 0.3 is 6.03 Å². The fraction of sp³-hybridized carbons (Fsp3) is 0.714. The number of aliphatic imine (C=N–C) groups is 1. The first-order valence-corrected chi connectivity index (χ1v) is 3.52. The van der Waals surface area contributed by atoms with Crippen molar-refractivity contribution in [3.63, 3.8) is 0 Å². The first-order chi connectivity index (χ1) is 4.93. The Morgan fingerprint density at radius 2 is 2.00 bits per heavy atom. The first-order valence-electron chi connectivity index (χ1n) is 3.52. The number of nitrogens with one attached hydrogen (secondary N) is 1. The summed E-state index contributed by atoms with van der Waals surface area (Å²) in [5, 5.41) is 2.74. The van der Waals surface area contributed by atoms with Crippen LogP contribution in [0.25, 0.3) is 0 Å². The van der Waals surface area contributed by atoms with E-state index in [2.05, 4.69) is 10.3 Å². The van der Waals surface area contributed by atoms with Crippen LogP contribution in [-0.2, 0) is 0 Å². The summed E-state index contributed by atoms with van der Waals surface area (Å²) in [6.07, 6.45) is 0. The fourth-order valence-electron chi connectivity index (χ4n) is 1.25. The second-order valence-corrected chi connectivity index (χ2v) is 3.38. The predicted molar refractivity (Wildman–Crippen MR) is 43.7 cm³/mol. The third-order valence-electron chi connectivity index (χ3n) is 1.61. The molecule has 1 rings (SSSR count). The highest BCUT2D eigenvalue weighted by Crippen LogP contribution is 2.13. The van der Waals surface area contributed by atoms with E-state index < -0.39 is 0 Å². The predicted octanol–water partition coefficient (Wildman–Crippen LogP) is 0.448. The summed E-state index contributed by atoms with van der Waals surface area (Å²) in [7, 11) is 3.75. The van der Waals surface area contributed by atoms with Crippen LogP contribution < -0.4 is 5.32 Å². The van der Waals surface area contributed by atoms with Crippen LogP contribution in [0.5, 0.6) is 0 Å². The molecule has 11 heavy (non-hydrogen) atoms. The minimum Gasteiger partial charge on any atom is -0.364 e. The lowest BCUT2D eigenvalue weighted by atomic mass is 10.1. The summed E-state index contributed by atoms with van der Waals surface area (Å²) in [4.78, 5) is 16.5. The Morgan fingerprint density at radius 3 is 2.18 bits per heavy atom. The Bertz CT molecular complexity index is 218. The smallest absolute Gasteiger partial charge is 0.343 e. The number of nitrogens with zero attached hydrogens (tertiary/aromatic N) is 2. The standard InChI is InChI=1S/C7H13N3O/c1-7(2)5(10(3)4)8-6(11)9-7/h1-4H3,(H,9,11). The average Bonchev–Trinajstić information content (AvgIpc) is 2.04. The molecule has 4 nitrogen and oxygen atoms in total. The number of hydrogen-bond donors (Lipinski definition) is 1. The van der Waals surface area contributed by atoms with E-state index in [1.165, 1.54) is 0 Å². The van der Waals surface area contributed by atoms with Crippen molar-refractivity contribution in [2.24, 2.45) is 4.99 Å². The van der Waals surface area contributed by atoms with Gasteiger partial charge in [0.25, 0.3) is 0 Å². The Labute approximate surface area is 66.3 Å². The van der Waals surface area contributed by atoms with Gasteiger partial charge < -0.3 is 10.2 Å². The van der Waals surface area contributed by atoms with Gasteiger partial charge in [-0.05, 0) is 13.8 Å². The summed E-state index contributed by atoms with van der Waals surface area (Å²) >= 11 is 0. The largest absolute Gasteiger partial charge is 0.364 e. The molecule has 62 valence electrons. The maximum absolute atomic E-state index is 10.8. The molecule has 4 heteroatoms. The van der Waals surface area contributed by atoms with Gasteiger partial charge in [0.2, 0.25) is 0 Å². The van der Waals surface area contributed by atoms with Gasteiger partial charge in [-0.3, -0.25) is 0 Å². The average molecular weight is 155 g/mol. The van der Waals surface area contributed by atoms with Crippen LogP contribution in [0.4, 0.5) is 4.79 Å². The normalized spacial score (nSPS) is 21.1. The zero-order valence-electron chi connectivity index (χ0n) is 7.30. The SMILES string of the molecule is CN(C)C1=NC(=O)NC1(C)C. The van der Waals surface area contributed by atoms with E-state index in [0.29, 0.717) is 0 Å². The highest BCUT2D eigenvalue weighted by molar-refractivity contribution is 6.05. The molecule has 0 aromatic rings. The lowest BCUT2D eigenvalue weighted by molar-refractivity contribution is 0.248. The van der Waals surface area contributed by atoms with Crippen molar-refractivity contribution in [1.29, 1.82) is 0 Å². The molecule has 1 heterocycles. The van der Waals surface area contributed by atoms with Crippen LogP contribution in [0.3, 0.4) is 0 Å². The number of amidine groups is 1. The molecule has 0 aromatic heterocycles. The van der Waals surface area contributed by atoms with E-state index in [1.807, 2.05) is 32.8 Å². The van der Waals surface area contributed by atoms with Crippen molar-refractivity contribution >= 4 is 11.9 Å². The first kappa shape index (κ1) is 8.04. The molecule has 0 aliphatic carbocycles. The van der Waals surface area contributed by atoms with Gasteiger partial charge in [0.1, 0.15) is 5.84 Å². The molecule has 2 amide bonds. The number of hydrogen-bond acceptors (Lipinski definition) is 2. The maximum atomic E-state index is 10.8. The quantitative estimate of drug-likeness (QED) is 0.552. The molecular weight excluding hydrogens is 142 g/mol. The van der Waals surface area contributed by atoms with E-state index in [-0.39, 0.29) is 11.6 Å². The third-order valence-corrected chi connectivity index (χ3v) is 1.61. The Balaban J connectivity index is 2.92. The number of carbonyl (C=O) groups excluding carboxylic acids is 1. The zero-order valence-corrected chi connectivity index (χ0v) is 7.30. The summed E-state index contributed by atoms with van der Waals surface area (Å²) in [5.74, 6) is 0.780. The molecular formula is C7H13N3O. The topological polar surface area (TPSA) is 44.7 Å². The highest BCUT2D eigenvalue weighted by atomic mass is 16.2. The van der Waals surface area contributed by atoms with Gasteiger partial charge in [-0.15, -0.1) is 0 Å². The molecule has 0 aromatic carbocycles. The van der Waals surface area contributed by atoms with Gasteiger partial charge in [0.05, 0.1) is 5.54 Å². The van der Waals surface area contributed by atoms with E-state index in [1.54, 1.807) is 0 Å². The fourth-order valence-corrected chi connectivity index (χ4v) is 1.25. The van der Waals surface area contributed by atoms with Crippen molar-refractivity contribution < 1.29 is 4.79 Å². The van der Waals surface area contributed by atoms with Gasteiger partial charge in [0.15, 0.2) is 0 Å². The minimum atomic E-state index is -0.319. The van der Waals surface area contributed by atoms with E-state index in [4.69, 9.17) is 0 Å². The summed E-state index contributed by atoms with van der Waals surface area (Å²) in [5.41, 5.74) is -0.319. The lowest BCUT2D eigenvalue weighted by Gasteiger charge is -2.25. The number of urea groups is 1. The van der Waals surface area contributed by atoms with E-state index in [9.17, 15) is 4.79 Å². The molecule has 0 saturated heterocycles. The molecule has 0 radical (unpaired) electrons. The number of carbonyl (C=O) groups is 1. The molecule has 0 fully saturated rings. The van der Waals surface area contributed by atoms with Crippen molar-refractivity contribution in [3.05, 3.63) is 0 Å². The van der Waals surface area contributed by atoms with Gasteiger partial charge in [-0.25, -0.2) is 4.79 Å². The lowest BCUT2D eigenvalue weighted by Crippen LogP contribution is -2.47. The molecule has 0 unspecified atom stereocenters. The van der Waals surface area contributed by atoms with Crippen LogP contribution in [0, 0.1) is 0 Å². The van der Waals surface area contributed by atoms with Crippen LogP contribution in [0.1, 0.15) is 13.8 Å². The number of rotatable bonds is 0. The van der Waals surface area contributed by atoms with Crippen molar-refractivity contribution in [2.75, 3.05) is 14.1 Å². The van der Waals surface area contributed by atoms with Gasteiger partial charge in [-0.1, -0.05) is 0 Å². The van der Waals surface area contributed by atoms with E-state index >= 15 is 0 Å². The van der Waals surface area contributed by atoms with Crippen molar-refractivity contribution in [3.8, 4) is 0 Å². The monoisotopic (exact) mass is 155 g/mol. The van der Waals surface area contributed by atoms with Crippen LogP contribution >= 0.6 is 0 Å². The number of likely N-dealkylation sites (N-methyl/N-ethyl adjacent to an activating group) is 1. The zero-order chi connectivity index (χ0) is 8.65. The second-order valence-electron chi connectivity index (χ2n) is 3.38. The van der Waals surface area contributed by atoms with Crippen LogP contribution in [-0.4, -0.2) is 36.4 Å². The maximum Gasteiger partial charge on any atom is 0.343 e. The third kappa shape index (κ3) is 1.34. The van der Waals surface area contributed by atoms with Gasteiger partial charge in [0, 0.05) is 14.1 Å². The minimum absolute atomic E-state index is 0.251. The Kier molecular flexibility index (Phi) is 1.62. The van der Waals surface area contributed by atoms with E-state index in [0.717, 1.165) is 5.84 Å². The molecule has 0 spiro atoms. The Hall–Kier alpha value is -1.06. The molecule has 1 aliphatic heterocycles. The molecule has 1 N–H and O–H groups in total. The summed E-state index contributed by atoms with van der Waals surface area (Å²) in [6.45, 7) is 3.85. The molecule has 0 saturated carbocycles. The molecule has 1 aliphatic rings. The van der Waals surface area contributed by atoms with Crippen LogP contribution in [0.2, 0.25) is 0 Å². The van der Waals surface area contributed by atoms with Crippen molar-refractivity contribution in [1.82, 2.24) is 10.2 Å². The van der Waals surface area contributed by atoms with Gasteiger partial charge in [-0.2, -0.15) is 4.99 Å². The number of amides is 2. The second kappa shape index (κ2) is 2.22. The summed E-state index contributed by atoms with van der Waals surface area (Å²) in [6, 6.07) is -0.251. The van der Waals surface area contributed by atoms with Crippen LogP contribution in [0.15, 0.2) is 4.99 Å².